The number of hydrogen-bond donors (Lipinski definition) is 0. The SMILES string of the molecule is C#CCCCCCCCCC/C=C1\C[C@@H](COC(C)=O)OC1=O. The predicted molar refractivity (Wildman–Crippen MR) is 89.6 cm³/mol. The van der Waals surface area contributed by atoms with E-state index >= 15 is 0 Å². The van der Waals surface area contributed by atoms with Gasteiger partial charge in [-0.3, -0.25) is 4.79 Å². The van der Waals surface area contributed by atoms with Crippen molar-refractivity contribution in [3.05, 3.63) is 11.6 Å². The molecule has 0 aliphatic carbocycles. The predicted octanol–water partition coefficient (Wildman–Crippen LogP) is 3.94. The summed E-state index contributed by atoms with van der Waals surface area (Å²) in [4.78, 5) is 22.4. The first-order valence-corrected chi connectivity index (χ1v) is 8.60. The first-order chi connectivity index (χ1) is 11.1. The Hall–Kier alpha value is -1.76. The third-order valence-corrected chi connectivity index (χ3v) is 3.87. The summed E-state index contributed by atoms with van der Waals surface area (Å²) in [6, 6.07) is 0. The third-order valence-electron chi connectivity index (χ3n) is 3.87. The maximum Gasteiger partial charge on any atom is 0.334 e. The Bertz CT molecular complexity index is 445. The second-order valence-electron chi connectivity index (χ2n) is 5.98. The standard InChI is InChI=1S/C19H28O4/c1-3-4-5-6-7-8-9-10-11-12-13-17-14-18(23-19(17)21)15-22-16(2)20/h1,13,18H,4-12,14-15H2,2H3/b17-13+/t18-/m0/s1. The molecule has 0 N–H and O–H groups in total. The minimum atomic E-state index is -0.349. The highest BCUT2D eigenvalue weighted by molar-refractivity contribution is 5.90. The lowest BCUT2D eigenvalue weighted by molar-refractivity contribution is -0.150. The van der Waals surface area contributed by atoms with Crippen LogP contribution in [0, 0.1) is 12.3 Å². The Labute approximate surface area is 139 Å². The zero-order valence-corrected chi connectivity index (χ0v) is 14.1. The average molecular weight is 320 g/mol. The molecule has 0 radical (unpaired) electrons. The van der Waals surface area contributed by atoms with E-state index in [9.17, 15) is 9.59 Å². The van der Waals surface area contributed by atoms with E-state index in [1.54, 1.807) is 0 Å². The highest BCUT2D eigenvalue weighted by atomic mass is 16.6. The molecule has 1 heterocycles. The zero-order chi connectivity index (χ0) is 16.9. The molecule has 0 bridgehead atoms. The second-order valence-corrected chi connectivity index (χ2v) is 5.98. The number of rotatable bonds is 11. The van der Waals surface area contributed by atoms with Crippen LogP contribution in [-0.4, -0.2) is 24.6 Å². The van der Waals surface area contributed by atoms with Crippen molar-refractivity contribution in [2.45, 2.75) is 77.2 Å². The monoisotopic (exact) mass is 320 g/mol. The van der Waals surface area contributed by atoms with E-state index in [1.807, 2.05) is 6.08 Å². The third kappa shape index (κ3) is 9.07. The smallest absolute Gasteiger partial charge is 0.334 e. The molecule has 0 spiro atoms. The Morgan fingerprint density at radius 2 is 1.91 bits per heavy atom. The summed E-state index contributed by atoms with van der Waals surface area (Å²) in [6.45, 7) is 1.50. The Kier molecular flexibility index (Phi) is 9.86. The van der Waals surface area contributed by atoms with Gasteiger partial charge in [0.1, 0.15) is 12.7 Å². The first-order valence-electron chi connectivity index (χ1n) is 8.60. The van der Waals surface area contributed by atoms with E-state index in [2.05, 4.69) is 5.92 Å². The van der Waals surface area contributed by atoms with E-state index in [1.165, 1.54) is 39.0 Å². The van der Waals surface area contributed by atoms with Gasteiger partial charge < -0.3 is 9.47 Å². The Morgan fingerprint density at radius 1 is 1.26 bits per heavy atom. The fourth-order valence-electron chi connectivity index (χ4n) is 2.60. The molecule has 1 aliphatic heterocycles. The van der Waals surface area contributed by atoms with Crippen molar-refractivity contribution in [3.63, 3.8) is 0 Å². The van der Waals surface area contributed by atoms with Gasteiger partial charge in [0.25, 0.3) is 0 Å². The molecular formula is C19H28O4. The van der Waals surface area contributed by atoms with Gasteiger partial charge in [-0.15, -0.1) is 12.3 Å². The van der Waals surface area contributed by atoms with Crippen LogP contribution >= 0.6 is 0 Å². The van der Waals surface area contributed by atoms with E-state index in [-0.39, 0.29) is 24.6 Å². The fraction of sp³-hybridized carbons (Fsp3) is 0.684. The topological polar surface area (TPSA) is 52.6 Å². The van der Waals surface area contributed by atoms with Crippen LogP contribution in [0.3, 0.4) is 0 Å². The number of allylic oxidation sites excluding steroid dienone is 1. The number of esters is 2. The number of cyclic esters (lactones) is 1. The normalized spacial score (nSPS) is 18.7. The second kappa shape index (κ2) is 11.8. The average Bonchev–Trinajstić information content (AvgIpc) is 2.87. The fourth-order valence-corrected chi connectivity index (χ4v) is 2.60. The van der Waals surface area contributed by atoms with Crippen molar-refractivity contribution >= 4 is 11.9 Å². The van der Waals surface area contributed by atoms with Crippen molar-refractivity contribution < 1.29 is 19.1 Å². The molecule has 128 valence electrons. The highest BCUT2D eigenvalue weighted by Gasteiger charge is 2.29. The van der Waals surface area contributed by atoms with Gasteiger partial charge in [-0.05, 0) is 19.3 Å². The van der Waals surface area contributed by atoms with Gasteiger partial charge in [0, 0.05) is 25.3 Å². The lowest BCUT2D eigenvalue weighted by Crippen LogP contribution is -2.16. The molecule has 0 unspecified atom stereocenters. The number of ether oxygens (including phenoxy) is 2. The molecule has 0 amide bonds. The van der Waals surface area contributed by atoms with Gasteiger partial charge in [-0.2, -0.15) is 0 Å². The molecule has 0 saturated carbocycles. The maximum absolute atomic E-state index is 11.7. The molecule has 1 rings (SSSR count). The van der Waals surface area contributed by atoms with Gasteiger partial charge >= 0.3 is 11.9 Å². The summed E-state index contributed by atoms with van der Waals surface area (Å²) in [7, 11) is 0. The van der Waals surface area contributed by atoms with E-state index < -0.39 is 0 Å². The van der Waals surface area contributed by atoms with Crippen LogP contribution < -0.4 is 0 Å². The summed E-state index contributed by atoms with van der Waals surface area (Å²) >= 11 is 0. The quantitative estimate of drug-likeness (QED) is 0.250. The lowest BCUT2D eigenvalue weighted by atomic mass is 10.1. The largest absolute Gasteiger partial charge is 0.462 e. The van der Waals surface area contributed by atoms with Crippen LogP contribution in [0.1, 0.15) is 71.1 Å². The number of terminal acetylenes is 1. The molecular weight excluding hydrogens is 292 g/mol. The van der Waals surface area contributed by atoms with Crippen LogP contribution in [0.15, 0.2) is 11.6 Å². The summed E-state index contributed by atoms with van der Waals surface area (Å²) < 4.78 is 10.0. The number of carbonyl (C=O) groups excluding carboxylic acids is 2. The molecule has 1 fully saturated rings. The molecule has 4 heteroatoms. The molecule has 0 aromatic heterocycles. The summed E-state index contributed by atoms with van der Waals surface area (Å²) in [5.74, 6) is 2.05. The van der Waals surface area contributed by atoms with Gasteiger partial charge in [-0.25, -0.2) is 4.79 Å². The minimum Gasteiger partial charge on any atom is -0.462 e. The Morgan fingerprint density at radius 3 is 2.57 bits per heavy atom. The van der Waals surface area contributed by atoms with Crippen molar-refractivity contribution in [3.8, 4) is 12.3 Å². The number of unbranched alkanes of at least 4 members (excludes halogenated alkanes) is 8. The van der Waals surface area contributed by atoms with Crippen LogP contribution in [0.25, 0.3) is 0 Å². The van der Waals surface area contributed by atoms with Gasteiger partial charge in [0.05, 0.1) is 0 Å². The van der Waals surface area contributed by atoms with Crippen molar-refractivity contribution in [2.24, 2.45) is 0 Å². The molecule has 23 heavy (non-hydrogen) atoms. The van der Waals surface area contributed by atoms with Gasteiger partial charge in [0.2, 0.25) is 0 Å². The number of carbonyl (C=O) groups is 2. The van der Waals surface area contributed by atoms with Crippen molar-refractivity contribution in [2.75, 3.05) is 6.61 Å². The van der Waals surface area contributed by atoms with Crippen molar-refractivity contribution in [1.29, 1.82) is 0 Å². The lowest BCUT2D eigenvalue weighted by Gasteiger charge is -2.07. The first kappa shape index (κ1) is 19.3. The van der Waals surface area contributed by atoms with Crippen molar-refractivity contribution in [1.82, 2.24) is 0 Å². The minimum absolute atomic E-state index is 0.151. The molecule has 0 aromatic rings. The number of hydrogen-bond acceptors (Lipinski definition) is 4. The molecule has 1 atom stereocenters. The van der Waals surface area contributed by atoms with Crippen LogP contribution in [0.5, 0.6) is 0 Å². The molecule has 0 aromatic carbocycles. The van der Waals surface area contributed by atoms with Crippen LogP contribution in [0.2, 0.25) is 0 Å². The van der Waals surface area contributed by atoms with E-state index in [0.717, 1.165) is 31.3 Å². The van der Waals surface area contributed by atoms with Crippen LogP contribution in [-0.2, 0) is 19.1 Å². The molecule has 1 aliphatic rings. The summed E-state index contributed by atoms with van der Waals surface area (Å²) in [5.41, 5.74) is 0.719. The van der Waals surface area contributed by atoms with Gasteiger partial charge in [0.15, 0.2) is 0 Å². The van der Waals surface area contributed by atoms with Gasteiger partial charge in [-0.1, -0.05) is 38.2 Å². The Balaban J connectivity index is 2.05. The highest BCUT2D eigenvalue weighted by Crippen LogP contribution is 2.22. The summed E-state index contributed by atoms with van der Waals surface area (Å²) in [5, 5.41) is 0. The summed E-state index contributed by atoms with van der Waals surface area (Å²) in [6.07, 6.45) is 17.6. The van der Waals surface area contributed by atoms with E-state index in [0.29, 0.717) is 6.42 Å². The zero-order valence-electron chi connectivity index (χ0n) is 14.1. The maximum atomic E-state index is 11.7. The van der Waals surface area contributed by atoms with E-state index in [4.69, 9.17) is 15.9 Å². The van der Waals surface area contributed by atoms with Crippen LogP contribution in [0.4, 0.5) is 0 Å². The molecule has 1 saturated heterocycles. The molecule has 4 nitrogen and oxygen atoms in total.